The van der Waals surface area contributed by atoms with Gasteiger partial charge in [0.05, 0.1) is 12.0 Å². The predicted molar refractivity (Wildman–Crippen MR) is 83.5 cm³/mol. The van der Waals surface area contributed by atoms with Gasteiger partial charge in [-0.25, -0.2) is 13.6 Å². The van der Waals surface area contributed by atoms with E-state index in [-0.39, 0.29) is 10.5 Å². The summed E-state index contributed by atoms with van der Waals surface area (Å²) >= 11 is 0. The van der Waals surface area contributed by atoms with Crippen LogP contribution in [0.5, 0.6) is 5.75 Å². The lowest BCUT2D eigenvalue weighted by Crippen LogP contribution is -2.16. The Bertz CT molecular complexity index is 816. The lowest BCUT2D eigenvalue weighted by Gasteiger charge is -2.09. The normalized spacial score (nSPS) is 11.0. The second-order valence-electron chi connectivity index (χ2n) is 4.77. The van der Waals surface area contributed by atoms with E-state index >= 15 is 0 Å². The monoisotopic (exact) mass is 320 g/mol. The molecule has 116 valence electrons. The molecule has 0 fully saturated rings. The summed E-state index contributed by atoms with van der Waals surface area (Å²) in [5, 5.41) is 7.79. The highest BCUT2D eigenvalue weighted by Crippen LogP contribution is 2.19. The van der Waals surface area contributed by atoms with Crippen molar-refractivity contribution in [3.8, 4) is 5.75 Å². The number of primary sulfonamides is 1. The van der Waals surface area contributed by atoms with Crippen LogP contribution in [-0.4, -0.2) is 21.4 Å². The molecule has 0 atom stereocenters. The van der Waals surface area contributed by atoms with Gasteiger partial charge in [-0.3, -0.25) is 4.79 Å². The number of nitrogens with two attached hydrogens (primary N) is 1. The molecule has 0 saturated heterocycles. The molecule has 0 aromatic heterocycles. The second-order valence-corrected chi connectivity index (χ2v) is 6.33. The van der Waals surface area contributed by atoms with Crippen molar-refractivity contribution in [3.63, 3.8) is 0 Å². The van der Waals surface area contributed by atoms with Crippen LogP contribution in [0, 0.1) is 6.92 Å². The van der Waals surface area contributed by atoms with Crippen LogP contribution in [-0.2, 0) is 10.0 Å². The molecule has 0 unspecified atom stereocenters. The number of hydrogen-bond donors (Lipinski definition) is 2. The smallest absolute Gasteiger partial charge is 0.255 e. The summed E-state index contributed by atoms with van der Waals surface area (Å²) in [6.07, 6.45) is 0. The van der Waals surface area contributed by atoms with Crippen molar-refractivity contribution in [1.82, 2.24) is 0 Å². The minimum absolute atomic E-state index is 0.0942. The van der Waals surface area contributed by atoms with E-state index in [4.69, 9.17) is 9.88 Å². The largest absolute Gasteiger partial charge is 0.497 e. The highest BCUT2D eigenvalue weighted by molar-refractivity contribution is 7.89. The number of benzene rings is 2. The molecule has 22 heavy (non-hydrogen) atoms. The fourth-order valence-corrected chi connectivity index (χ4v) is 2.59. The van der Waals surface area contributed by atoms with Crippen molar-refractivity contribution in [3.05, 3.63) is 53.6 Å². The second kappa shape index (κ2) is 6.17. The predicted octanol–water partition coefficient (Wildman–Crippen LogP) is 1.90. The maximum atomic E-state index is 12.3. The van der Waals surface area contributed by atoms with Crippen LogP contribution in [0.1, 0.15) is 15.9 Å². The third kappa shape index (κ3) is 3.84. The van der Waals surface area contributed by atoms with E-state index in [9.17, 15) is 13.2 Å². The molecule has 0 heterocycles. The third-order valence-electron chi connectivity index (χ3n) is 2.97. The SMILES string of the molecule is COc1cccc(NC(=O)c2cc(C)cc(S(N)(=O)=O)c2)c1. The summed E-state index contributed by atoms with van der Waals surface area (Å²) in [7, 11) is -2.34. The third-order valence-corrected chi connectivity index (χ3v) is 3.86. The number of nitrogens with one attached hydrogen (secondary N) is 1. The zero-order chi connectivity index (χ0) is 16.3. The van der Waals surface area contributed by atoms with Crippen LogP contribution in [0.2, 0.25) is 0 Å². The van der Waals surface area contributed by atoms with E-state index in [0.29, 0.717) is 17.0 Å². The number of amides is 1. The molecule has 2 rings (SSSR count). The maximum Gasteiger partial charge on any atom is 0.255 e. The van der Waals surface area contributed by atoms with Crippen LogP contribution in [0.3, 0.4) is 0 Å². The van der Waals surface area contributed by atoms with Gasteiger partial charge in [-0.1, -0.05) is 6.07 Å². The number of aryl methyl sites for hydroxylation is 1. The summed E-state index contributed by atoms with van der Waals surface area (Å²) in [4.78, 5) is 12.2. The molecule has 0 bridgehead atoms. The molecule has 0 radical (unpaired) electrons. The zero-order valence-corrected chi connectivity index (χ0v) is 13.0. The van der Waals surface area contributed by atoms with Gasteiger partial charge in [0.2, 0.25) is 10.0 Å². The Morgan fingerprint density at radius 3 is 2.55 bits per heavy atom. The van der Waals surface area contributed by atoms with Crippen molar-refractivity contribution in [1.29, 1.82) is 0 Å². The van der Waals surface area contributed by atoms with Crippen LogP contribution in [0.15, 0.2) is 47.4 Å². The summed E-state index contributed by atoms with van der Waals surface area (Å²) in [6.45, 7) is 1.69. The Morgan fingerprint density at radius 2 is 1.91 bits per heavy atom. The van der Waals surface area contributed by atoms with Gasteiger partial charge in [0, 0.05) is 17.3 Å². The van der Waals surface area contributed by atoms with E-state index in [2.05, 4.69) is 5.32 Å². The first-order valence-corrected chi connectivity index (χ1v) is 7.94. The Hall–Kier alpha value is -2.38. The van der Waals surface area contributed by atoms with Gasteiger partial charge in [-0.05, 0) is 42.8 Å². The Labute approximate surface area is 129 Å². The minimum Gasteiger partial charge on any atom is -0.497 e. The molecular formula is C15H16N2O4S. The zero-order valence-electron chi connectivity index (χ0n) is 12.2. The van der Waals surface area contributed by atoms with Crippen LogP contribution in [0.25, 0.3) is 0 Å². The van der Waals surface area contributed by atoms with Gasteiger partial charge >= 0.3 is 0 Å². The number of anilines is 1. The summed E-state index contributed by atoms with van der Waals surface area (Å²) in [5.74, 6) is 0.175. The molecule has 0 saturated carbocycles. The lowest BCUT2D eigenvalue weighted by molar-refractivity contribution is 0.102. The van der Waals surface area contributed by atoms with Crippen molar-refractivity contribution >= 4 is 21.6 Å². The van der Waals surface area contributed by atoms with Gasteiger partial charge in [0.1, 0.15) is 5.75 Å². The fourth-order valence-electron chi connectivity index (χ4n) is 1.95. The molecular weight excluding hydrogens is 304 g/mol. The number of carbonyl (C=O) groups is 1. The number of methoxy groups -OCH3 is 1. The molecule has 0 aliphatic carbocycles. The van der Waals surface area contributed by atoms with E-state index in [1.165, 1.54) is 19.2 Å². The van der Waals surface area contributed by atoms with Crippen molar-refractivity contribution in [2.75, 3.05) is 12.4 Å². The number of ether oxygens (including phenoxy) is 1. The summed E-state index contributed by atoms with van der Waals surface area (Å²) in [6, 6.07) is 11.1. The highest BCUT2D eigenvalue weighted by Gasteiger charge is 2.14. The topological polar surface area (TPSA) is 98.5 Å². The maximum absolute atomic E-state index is 12.3. The van der Waals surface area contributed by atoms with Crippen molar-refractivity contribution in [2.45, 2.75) is 11.8 Å². The average Bonchev–Trinajstić information content (AvgIpc) is 2.46. The molecule has 0 aliphatic rings. The van der Waals surface area contributed by atoms with Gasteiger partial charge in [-0.2, -0.15) is 0 Å². The number of carbonyl (C=O) groups excluding carboxylic acids is 1. The molecule has 3 N–H and O–H groups in total. The van der Waals surface area contributed by atoms with Gasteiger partial charge in [0.15, 0.2) is 0 Å². The quantitative estimate of drug-likeness (QED) is 0.899. The fraction of sp³-hybridized carbons (Fsp3) is 0.133. The van der Waals surface area contributed by atoms with E-state index in [0.717, 1.165) is 0 Å². The van der Waals surface area contributed by atoms with Crippen molar-refractivity contribution in [2.24, 2.45) is 5.14 Å². The molecule has 2 aromatic carbocycles. The average molecular weight is 320 g/mol. The first-order valence-electron chi connectivity index (χ1n) is 6.39. The summed E-state index contributed by atoms with van der Waals surface area (Å²) < 4.78 is 27.9. The van der Waals surface area contributed by atoms with Crippen LogP contribution in [0.4, 0.5) is 5.69 Å². The molecule has 2 aromatic rings. The van der Waals surface area contributed by atoms with Crippen LogP contribution < -0.4 is 15.2 Å². The molecule has 7 heteroatoms. The number of hydrogen-bond acceptors (Lipinski definition) is 4. The lowest BCUT2D eigenvalue weighted by atomic mass is 10.1. The molecule has 0 spiro atoms. The van der Waals surface area contributed by atoms with Crippen molar-refractivity contribution < 1.29 is 17.9 Å². The van der Waals surface area contributed by atoms with Gasteiger partial charge < -0.3 is 10.1 Å². The highest BCUT2D eigenvalue weighted by atomic mass is 32.2. The Kier molecular flexibility index (Phi) is 4.48. The van der Waals surface area contributed by atoms with Gasteiger partial charge in [-0.15, -0.1) is 0 Å². The molecule has 0 aliphatic heterocycles. The van der Waals surface area contributed by atoms with E-state index in [1.807, 2.05) is 0 Å². The number of sulfonamides is 1. The minimum atomic E-state index is -3.86. The Morgan fingerprint density at radius 1 is 1.18 bits per heavy atom. The standard InChI is InChI=1S/C15H16N2O4S/c1-10-6-11(8-14(7-10)22(16,19)20)15(18)17-12-4-3-5-13(9-12)21-2/h3-9H,1-2H3,(H,17,18)(H2,16,19,20). The van der Waals surface area contributed by atoms with Crippen LogP contribution >= 0.6 is 0 Å². The number of rotatable bonds is 4. The molecule has 6 nitrogen and oxygen atoms in total. The van der Waals surface area contributed by atoms with Gasteiger partial charge in [0.25, 0.3) is 5.91 Å². The molecule has 1 amide bonds. The van der Waals surface area contributed by atoms with E-state index in [1.54, 1.807) is 37.3 Å². The summed E-state index contributed by atoms with van der Waals surface area (Å²) in [5.41, 5.74) is 1.39. The first kappa shape index (κ1) is 16.0. The Balaban J connectivity index is 2.31. The first-order chi connectivity index (χ1) is 10.3. The van der Waals surface area contributed by atoms with E-state index < -0.39 is 15.9 Å².